The second kappa shape index (κ2) is 13.2. The molecule has 2 aromatic carbocycles. The molecule has 19 heavy (non-hydrogen) atoms. The minimum Gasteiger partial charge on any atom is -0.403 e. The molecule has 2 rings (SSSR count). The topological polar surface area (TPSA) is 70.7 Å². The predicted octanol–water partition coefficient (Wildman–Crippen LogP) is 4.85. The SMILES string of the molecule is [Cu][I].[N-]=[N+]=[N-].[c-]1ccccc1NCc1ccccc1. The molecule has 0 saturated heterocycles. The van der Waals surface area contributed by atoms with Crippen LogP contribution in [0.1, 0.15) is 5.56 Å². The van der Waals surface area contributed by atoms with Gasteiger partial charge in [0.05, 0.1) is 0 Å². The van der Waals surface area contributed by atoms with E-state index in [1.54, 1.807) is 20.3 Å². The zero-order valence-electron chi connectivity index (χ0n) is 9.92. The molecule has 4 nitrogen and oxygen atoms in total. The van der Waals surface area contributed by atoms with E-state index in [9.17, 15) is 0 Å². The summed E-state index contributed by atoms with van der Waals surface area (Å²) in [5.74, 6) is 0. The summed E-state index contributed by atoms with van der Waals surface area (Å²) in [4.78, 5) is 1.50. The van der Waals surface area contributed by atoms with Gasteiger partial charge in [0.25, 0.3) is 0 Å². The number of rotatable bonds is 3. The summed E-state index contributed by atoms with van der Waals surface area (Å²) in [7, 11) is 0. The molecule has 0 fully saturated rings. The number of nitrogens with one attached hydrogen (secondary N) is 1. The van der Waals surface area contributed by atoms with Crippen molar-refractivity contribution in [1.29, 1.82) is 0 Å². The first-order chi connectivity index (χ1) is 9.36. The number of nitrogens with zero attached hydrogens (tertiary/aromatic N) is 3. The van der Waals surface area contributed by atoms with Crippen LogP contribution in [-0.2, 0) is 19.3 Å². The van der Waals surface area contributed by atoms with Gasteiger partial charge in [-0.1, -0.05) is 36.0 Å². The van der Waals surface area contributed by atoms with Gasteiger partial charge in [-0.15, -0.1) is 6.07 Å². The zero-order valence-corrected chi connectivity index (χ0v) is 13.0. The fraction of sp³-hybridized carbons (Fsp3) is 0.0769. The molecule has 0 amide bonds. The molecule has 2 aromatic rings. The summed E-state index contributed by atoms with van der Waals surface area (Å²) >= 11 is 5.87. The Bertz CT molecular complexity index is 419. The monoisotopic (exact) mass is 414 g/mol. The average Bonchev–Trinajstić information content (AvgIpc) is 2.50. The molecule has 0 spiro atoms. The van der Waals surface area contributed by atoms with Crippen molar-refractivity contribution in [3.8, 4) is 0 Å². The van der Waals surface area contributed by atoms with E-state index in [0.717, 1.165) is 12.2 Å². The Labute approximate surface area is 132 Å². The van der Waals surface area contributed by atoms with Crippen LogP contribution in [0.15, 0.2) is 54.6 Å². The fourth-order valence-electron chi connectivity index (χ4n) is 1.30. The summed E-state index contributed by atoms with van der Waals surface area (Å²) < 4.78 is 0. The van der Waals surface area contributed by atoms with Crippen LogP contribution >= 0.6 is 20.3 Å². The van der Waals surface area contributed by atoms with E-state index >= 15 is 0 Å². The van der Waals surface area contributed by atoms with Gasteiger partial charge in [0, 0.05) is 6.54 Å². The van der Waals surface area contributed by atoms with Gasteiger partial charge in [0.1, 0.15) is 0 Å². The third-order valence-electron chi connectivity index (χ3n) is 2.03. The maximum atomic E-state index is 6.75. The molecule has 0 radical (unpaired) electrons. The largest absolute Gasteiger partial charge is 0.403 e. The Balaban J connectivity index is 0.000000573. The summed E-state index contributed by atoms with van der Waals surface area (Å²) in [5, 5.41) is 3.31. The molecule has 0 bridgehead atoms. The zero-order chi connectivity index (χ0) is 14.3. The molecule has 0 aliphatic carbocycles. The van der Waals surface area contributed by atoms with Crippen LogP contribution in [0.4, 0.5) is 5.69 Å². The number of anilines is 1. The number of hydrogen-bond acceptors (Lipinski definition) is 1. The molecule has 6 heteroatoms. The molecule has 0 aliphatic rings. The Morgan fingerprint density at radius 3 is 2.16 bits per heavy atom. The van der Waals surface area contributed by atoms with E-state index in [-0.39, 0.29) is 0 Å². The molecule has 0 heterocycles. The minimum absolute atomic E-state index is 0.849. The maximum Gasteiger partial charge on any atom is 0.0379 e. The van der Waals surface area contributed by atoms with Crippen LogP contribution < -0.4 is 5.32 Å². The predicted molar refractivity (Wildman–Crippen MR) is 83.1 cm³/mol. The van der Waals surface area contributed by atoms with Gasteiger partial charge in [-0.25, -0.2) is 0 Å². The van der Waals surface area contributed by atoms with Crippen molar-refractivity contribution in [2.24, 2.45) is 0 Å². The molecule has 0 atom stereocenters. The van der Waals surface area contributed by atoms with Crippen LogP contribution in [0.3, 0.4) is 0 Å². The van der Waals surface area contributed by atoms with Crippen LogP contribution in [0, 0.1) is 6.07 Å². The van der Waals surface area contributed by atoms with Crippen molar-refractivity contribution < 1.29 is 12.8 Å². The fourth-order valence-corrected chi connectivity index (χ4v) is 1.30. The van der Waals surface area contributed by atoms with E-state index in [2.05, 4.69) is 36.3 Å². The molecule has 1 N–H and O–H groups in total. The van der Waals surface area contributed by atoms with Crippen molar-refractivity contribution in [3.63, 3.8) is 0 Å². The van der Waals surface area contributed by atoms with Crippen LogP contribution in [0.2, 0.25) is 0 Å². The summed E-state index contributed by atoms with van der Waals surface area (Å²) in [5.41, 5.74) is 15.8. The molecule has 0 aliphatic heterocycles. The van der Waals surface area contributed by atoms with Crippen LogP contribution in [-0.4, -0.2) is 0 Å². The standard InChI is InChI=1S/C13H12N.Cu.HI.N3/c1-3-7-12(8-4-1)11-14-13-9-5-2-6-10-13;;;1-3-2/h1-9,14H,11H2;;1H;/q-1;+1;;-1/p-1. The van der Waals surface area contributed by atoms with E-state index in [1.165, 1.54) is 10.5 Å². The Kier molecular flexibility index (Phi) is 12.4. The van der Waals surface area contributed by atoms with Crippen LogP contribution in [0.25, 0.3) is 16.0 Å². The van der Waals surface area contributed by atoms with Gasteiger partial charge in [0.15, 0.2) is 0 Å². The first-order valence-corrected chi connectivity index (χ1v) is 8.25. The van der Waals surface area contributed by atoms with Crippen molar-refractivity contribution in [2.75, 3.05) is 5.32 Å². The van der Waals surface area contributed by atoms with Gasteiger partial charge in [-0.3, -0.25) is 4.91 Å². The molecular weight excluding hydrogens is 403 g/mol. The van der Waals surface area contributed by atoms with Crippen molar-refractivity contribution in [2.45, 2.75) is 6.54 Å². The van der Waals surface area contributed by atoms with E-state index < -0.39 is 0 Å². The minimum atomic E-state index is 0.849. The van der Waals surface area contributed by atoms with Gasteiger partial charge < -0.3 is 16.4 Å². The van der Waals surface area contributed by atoms with Crippen molar-refractivity contribution in [3.05, 3.63) is 82.2 Å². The molecular formula is C13H12CuIN4-2. The number of hydrogen-bond donors (Lipinski definition) is 1. The number of halogens is 1. The Morgan fingerprint density at radius 2 is 1.63 bits per heavy atom. The molecule has 0 saturated carbocycles. The average molecular weight is 415 g/mol. The summed E-state index contributed by atoms with van der Waals surface area (Å²) in [6.45, 7) is 0.849. The van der Waals surface area contributed by atoms with E-state index in [1.807, 2.05) is 42.5 Å². The third kappa shape index (κ3) is 9.39. The molecule has 0 unspecified atom stereocenters. The number of benzene rings is 2. The normalized spacial score (nSPS) is 7.95. The quantitative estimate of drug-likeness (QED) is 0.191. The first-order valence-electron chi connectivity index (χ1n) is 5.21. The van der Waals surface area contributed by atoms with Gasteiger partial charge in [-0.05, 0) is 5.56 Å². The second-order valence-corrected chi connectivity index (χ2v) is 3.20. The summed E-state index contributed by atoms with van der Waals surface area (Å²) in [6, 6.07) is 21.4. The van der Waals surface area contributed by atoms with Crippen LogP contribution in [0.5, 0.6) is 0 Å². The van der Waals surface area contributed by atoms with Crippen molar-refractivity contribution in [1.82, 2.24) is 0 Å². The smallest absolute Gasteiger partial charge is 0.0379 e. The third-order valence-corrected chi connectivity index (χ3v) is 2.03. The van der Waals surface area contributed by atoms with E-state index in [4.69, 9.17) is 11.1 Å². The first kappa shape index (κ1) is 17.8. The molecule has 0 aromatic heterocycles. The van der Waals surface area contributed by atoms with Gasteiger partial charge in [0.2, 0.25) is 0 Å². The molecule has 104 valence electrons. The van der Waals surface area contributed by atoms with Crippen molar-refractivity contribution >= 4 is 26.0 Å². The van der Waals surface area contributed by atoms with Gasteiger partial charge in [-0.2, -0.15) is 24.3 Å². The van der Waals surface area contributed by atoms with Gasteiger partial charge >= 0.3 is 33.1 Å². The second-order valence-electron chi connectivity index (χ2n) is 3.20. The Hall–Kier alpha value is -1.20. The maximum absolute atomic E-state index is 6.75. The Morgan fingerprint density at radius 1 is 1.05 bits per heavy atom. The van der Waals surface area contributed by atoms with E-state index in [0.29, 0.717) is 0 Å². The summed E-state index contributed by atoms with van der Waals surface area (Å²) in [6.07, 6.45) is 0. The number of para-hydroxylation sites is 1.